The average Bonchev–Trinajstić information content (AvgIpc) is 2.94. The number of hydrogen-bond donors (Lipinski definition) is 2. The van der Waals surface area contributed by atoms with Crippen molar-refractivity contribution in [1.82, 2.24) is 5.32 Å². The van der Waals surface area contributed by atoms with Crippen LogP contribution in [0.3, 0.4) is 0 Å². The van der Waals surface area contributed by atoms with Gasteiger partial charge in [0.05, 0.1) is 18.0 Å². The van der Waals surface area contributed by atoms with Gasteiger partial charge >= 0.3 is 0 Å². The minimum absolute atomic E-state index is 0.0433. The number of nitrogens with zero attached hydrogens (tertiary/aromatic N) is 1. The van der Waals surface area contributed by atoms with Crippen LogP contribution in [0.5, 0.6) is 5.75 Å². The van der Waals surface area contributed by atoms with Gasteiger partial charge < -0.3 is 20.7 Å². The molecule has 0 aliphatic carbocycles. The molecule has 5 heteroatoms. The first-order valence-corrected chi connectivity index (χ1v) is 7.18. The number of anilines is 2. The normalized spacial score (nSPS) is 18.1. The zero-order valence-corrected chi connectivity index (χ0v) is 12.2. The average molecular weight is 277 g/mol. The number of nitrogens with one attached hydrogen (secondary N) is 1. The van der Waals surface area contributed by atoms with E-state index in [9.17, 15) is 4.79 Å². The number of benzene rings is 1. The van der Waals surface area contributed by atoms with Gasteiger partial charge in [-0.1, -0.05) is 13.0 Å². The largest absolute Gasteiger partial charge is 0.491 e. The predicted octanol–water partition coefficient (Wildman–Crippen LogP) is 1.77. The first-order valence-electron chi connectivity index (χ1n) is 7.18. The summed E-state index contributed by atoms with van der Waals surface area (Å²) < 4.78 is 5.66. The third-order valence-electron chi connectivity index (χ3n) is 3.62. The van der Waals surface area contributed by atoms with E-state index in [0.29, 0.717) is 18.0 Å². The van der Waals surface area contributed by atoms with Crippen molar-refractivity contribution in [3.8, 4) is 5.75 Å². The van der Waals surface area contributed by atoms with Crippen molar-refractivity contribution in [2.75, 3.05) is 30.8 Å². The summed E-state index contributed by atoms with van der Waals surface area (Å²) in [5.74, 6) is 0.744. The molecule has 1 saturated heterocycles. The van der Waals surface area contributed by atoms with E-state index in [0.717, 1.165) is 31.5 Å². The van der Waals surface area contributed by atoms with Gasteiger partial charge in [-0.05, 0) is 31.4 Å². The first-order chi connectivity index (χ1) is 9.69. The number of ether oxygens (including phenoxy) is 1. The highest BCUT2D eigenvalue weighted by Crippen LogP contribution is 2.36. The summed E-state index contributed by atoms with van der Waals surface area (Å²) in [6.07, 6.45) is 2.80. The summed E-state index contributed by atoms with van der Waals surface area (Å²) in [4.78, 5) is 14.0. The van der Waals surface area contributed by atoms with Crippen LogP contribution >= 0.6 is 0 Å². The maximum atomic E-state index is 11.9. The lowest BCUT2D eigenvalue weighted by Gasteiger charge is -2.27. The molecular formula is C15H23N3O2. The van der Waals surface area contributed by atoms with E-state index in [4.69, 9.17) is 10.5 Å². The van der Waals surface area contributed by atoms with Gasteiger partial charge in [0.2, 0.25) is 5.91 Å². The molecular weight excluding hydrogens is 254 g/mol. The third kappa shape index (κ3) is 2.81. The van der Waals surface area contributed by atoms with Gasteiger partial charge in [-0.25, -0.2) is 0 Å². The number of hydrogen-bond acceptors (Lipinski definition) is 4. The number of carbonyl (C=O) groups excluding carboxylic acids is 1. The molecule has 5 nitrogen and oxygen atoms in total. The van der Waals surface area contributed by atoms with E-state index < -0.39 is 0 Å². The molecule has 1 heterocycles. The van der Waals surface area contributed by atoms with Crippen LogP contribution in [0.15, 0.2) is 18.2 Å². The molecule has 20 heavy (non-hydrogen) atoms. The molecule has 1 aromatic carbocycles. The SMILES string of the molecule is CCCOc1cccc(N2CCCC2C(=O)NC)c1N. The van der Waals surface area contributed by atoms with Crippen molar-refractivity contribution in [3.63, 3.8) is 0 Å². The zero-order chi connectivity index (χ0) is 14.5. The van der Waals surface area contributed by atoms with Gasteiger partial charge in [-0.3, -0.25) is 4.79 Å². The lowest BCUT2D eigenvalue weighted by atomic mass is 10.1. The molecule has 1 aliphatic heterocycles. The van der Waals surface area contributed by atoms with E-state index in [1.165, 1.54) is 0 Å². The summed E-state index contributed by atoms with van der Waals surface area (Å²) >= 11 is 0. The minimum atomic E-state index is -0.135. The van der Waals surface area contributed by atoms with E-state index >= 15 is 0 Å². The van der Waals surface area contributed by atoms with Gasteiger partial charge in [-0.2, -0.15) is 0 Å². The fourth-order valence-electron chi connectivity index (χ4n) is 2.62. The van der Waals surface area contributed by atoms with Crippen molar-refractivity contribution in [2.24, 2.45) is 0 Å². The minimum Gasteiger partial charge on any atom is -0.491 e. The Balaban J connectivity index is 2.25. The zero-order valence-electron chi connectivity index (χ0n) is 12.2. The summed E-state index contributed by atoms with van der Waals surface area (Å²) in [7, 11) is 1.67. The molecule has 1 unspecified atom stereocenters. The van der Waals surface area contributed by atoms with Crippen molar-refractivity contribution in [2.45, 2.75) is 32.2 Å². The number of nitrogen functional groups attached to an aromatic ring is 1. The molecule has 0 bridgehead atoms. The number of likely N-dealkylation sites (N-methyl/N-ethyl adjacent to an activating group) is 1. The molecule has 0 radical (unpaired) electrons. The van der Waals surface area contributed by atoms with Gasteiger partial charge in [0, 0.05) is 13.6 Å². The Kier molecular flexibility index (Phi) is 4.71. The molecule has 3 N–H and O–H groups in total. The third-order valence-corrected chi connectivity index (χ3v) is 3.62. The standard InChI is InChI=1S/C15H23N3O2/c1-3-10-20-13-8-4-6-11(14(13)16)18-9-5-7-12(18)15(19)17-2/h4,6,8,12H,3,5,7,9-10,16H2,1-2H3,(H,17,19). The van der Waals surface area contributed by atoms with E-state index in [1.54, 1.807) is 7.05 Å². The molecule has 1 aromatic rings. The summed E-state index contributed by atoms with van der Waals surface area (Å²) in [6.45, 7) is 3.55. The molecule has 0 saturated carbocycles. The second-order valence-electron chi connectivity index (χ2n) is 5.00. The molecule has 1 aliphatic rings. The van der Waals surface area contributed by atoms with Crippen molar-refractivity contribution < 1.29 is 9.53 Å². The second-order valence-corrected chi connectivity index (χ2v) is 5.00. The monoisotopic (exact) mass is 277 g/mol. The van der Waals surface area contributed by atoms with Crippen LogP contribution in [0.1, 0.15) is 26.2 Å². The van der Waals surface area contributed by atoms with E-state index in [2.05, 4.69) is 17.1 Å². The van der Waals surface area contributed by atoms with Gasteiger partial charge in [-0.15, -0.1) is 0 Å². The van der Waals surface area contributed by atoms with E-state index in [-0.39, 0.29) is 11.9 Å². The molecule has 2 rings (SSSR count). The number of para-hydroxylation sites is 1. The topological polar surface area (TPSA) is 67.6 Å². The maximum absolute atomic E-state index is 11.9. The number of amides is 1. The second kappa shape index (κ2) is 6.50. The quantitative estimate of drug-likeness (QED) is 0.805. The van der Waals surface area contributed by atoms with Crippen LogP contribution in [0.2, 0.25) is 0 Å². The number of nitrogens with two attached hydrogens (primary N) is 1. The molecule has 1 atom stereocenters. The first kappa shape index (κ1) is 14.5. The molecule has 0 aromatic heterocycles. The fourth-order valence-corrected chi connectivity index (χ4v) is 2.62. The highest BCUT2D eigenvalue weighted by molar-refractivity contribution is 5.88. The molecule has 1 amide bonds. The molecule has 1 fully saturated rings. The maximum Gasteiger partial charge on any atom is 0.242 e. The summed E-state index contributed by atoms with van der Waals surface area (Å²) in [6, 6.07) is 5.62. The Labute approximate surface area is 120 Å². The van der Waals surface area contributed by atoms with Gasteiger partial charge in [0.1, 0.15) is 11.8 Å². The highest BCUT2D eigenvalue weighted by Gasteiger charge is 2.31. The van der Waals surface area contributed by atoms with Gasteiger partial charge in [0.15, 0.2) is 0 Å². The van der Waals surface area contributed by atoms with Crippen LogP contribution in [-0.4, -0.2) is 32.1 Å². The van der Waals surface area contributed by atoms with Crippen LogP contribution in [0.25, 0.3) is 0 Å². The van der Waals surface area contributed by atoms with Crippen molar-refractivity contribution in [3.05, 3.63) is 18.2 Å². The summed E-state index contributed by atoms with van der Waals surface area (Å²) in [5.41, 5.74) is 7.72. The number of rotatable bonds is 5. The summed E-state index contributed by atoms with van der Waals surface area (Å²) in [5, 5.41) is 2.72. The highest BCUT2D eigenvalue weighted by atomic mass is 16.5. The fraction of sp³-hybridized carbons (Fsp3) is 0.533. The van der Waals surface area contributed by atoms with Crippen molar-refractivity contribution >= 4 is 17.3 Å². The van der Waals surface area contributed by atoms with Crippen LogP contribution in [0, 0.1) is 0 Å². The Morgan fingerprint density at radius 1 is 1.55 bits per heavy atom. The van der Waals surface area contributed by atoms with Gasteiger partial charge in [0.25, 0.3) is 0 Å². The Morgan fingerprint density at radius 2 is 2.35 bits per heavy atom. The lowest BCUT2D eigenvalue weighted by Crippen LogP contribution is -2.42. The predicted molar refractivity (Wildman–Crippen MR) is 81.1 cm³/mol. The smallest absolute Gasteiger partial charge is 0.242 e. The lowest BCUT2D eigenvalue weighted by molar-refractivity contribution is -0.121. The molecule has 0 spiro atoms. The van der Waals surface area contributed by atoms with Crippen LogP contribution in [0.4, 0.5) is 11.4 Å². The Hall–Kier alpha value is -1.91. The Morgan fingerprint density at radius 3 is 3.05 bits per heavy atom. The van der Waals surface area contributed by atoms with Crippen LogP contribution < -0.4 is 20.7 Å². The Bertz CT molecular complexity index is 476. The number of carbonyl (C=O) groups is 1. The van der Waals surface area contributed by atoms with E-state index in [1.807, 2.05) is 18.2 Å². The van der Waals surface area contributed by atoms with Crippen LogP contribution in [-0.2, 0) is 4.79 Å². The molecule has 110 valence electrons. The van der Waals surface area contributed by atoms with Crippen molar-refractivity contribution in [1.29, 1.82) is 0 Å².